The second-order valence-corrected chi connectivity index (χ2v) is 15.2. The lowest BCUT2D eigenvalue weighted by molar-refractivity contribution is 1.15. The van der Waals surface area contributed by atoms with Crippen molar-refractivity contribution in [1.29, 1.82) is 0 Å². The molecule has 0 unspecified atom stereocenters. The zero-order valence-electron chi connectivity index (χ0n) is 33.3. The summed E-state index contributed by atoms with van der Waals surface area (Å²) >= 11 is 0. The van der Waals surface area contributed by atoms with Gasteiger partial charge in [0.05, 0.1) is 33.8 Å². The molecule has 286 valence electrons. The van der Waals surface area contributed by atoms with Gasteiger partial charge in [0.1, 0.15) is 0 Å². The number of rotatable bonds is 8. The predicted octanol–water partition coefficient (Wildman–Crippen LogP) is 13.7. The van der Waals surface area contributed by atoms with Crippen LogP contribution in [0.15, 0.2) is 193 Å². The smallest absolute Gasteiger partial charge is 0.160 e. The Kier molecular flexibility index (Phi) is 8.75. The molecule has 1 aliphatic carbocycles. The standard InChI is InChI=1S/C55H36N6/c1-3-7-43(33-56-2)51-32-50(35-26-28-57-29-27-35)60-55(61-51)39-18-14-34(15-19-39)48-24-21-37-16-17-38-22-25-49(59-54(38)53(37)58-48)42-11-4-10-40(30-42)41-20-23-44-45-12-5-8-36-9-6-13-46(52(36)45)47(44)31-41/h3-33H,2H2,1H3/b7-3-,43-33+. The second-order valence-electron chi connectivity index (χ2n) is 15.2. The Morgan fingerprint density at radius 1 is 0.475 bits per heavy atom. The fraction of sp³-hybridized carbons (Fsp3) is 0.0182. The molecule has 0 radical (unpaired) electrons. The van der Waals surface area contributed by atoms with Crippen LogP contribution in [-0.2, 0) is 0 Å². The number of hydrogen-bond donors (Lipinski definition) is 0. The zero-order chi connectivity index (χ0) is 40.9. The van der Waals surface area contributed by atoms with Crippen LogP contribution in [0.2, 0.25) is 0 Å². The van der Waals surface area contributed by atoms with Gasteiger partial charge in [0.2, 0.25) is 0 Å². The van der Waals surface area contributed by atoms with Gasteiger partial charge in [-0.05, 0) is 100 Å². The van der Waals surface area contributed by atoms with E-state index in [0.29, 0.717) is 5.82 Å². The molecule has 0 aliphatic heterocycles. The number of fused-ring (bicyclic) bond motifs is 6. The molecule has 10 aromatic rings. The molecule has 0 N–H and O–H groups in total. The van der Waals surface area contributed by atoms with Crippen molar-refractivity contribution in [2.75, 3.05) is 0 Å². The minimum Gasteiger partial charge on any atom is -0.272 e. The molecule has 4 aromatic heterocycles. The van der Waals surface area contributed by atoms with E-state index in [2.05, 4.69) is 144 Å². The first kappa shape index (κ1) is 35.9. The van der Waals surface area contributed by atoms with Crippen LogP contribution in [0.4, 0.5) is 0 Å². The van der Waals surface area contributed by atoms with Crippen molar-refractivity contribution in [3.05, 3.63) is 194 Å². The highest BCUT2D eigenvalue weighted by molar-refractivity contribution is 6.15. The largest absolute Gasteiger partial charge is 0.272 e. The van der Waals surface area contributed by atoms with E-state index in [1.54, 1.807) is 18.6 Å². The maximum atomic E-state index is 5.29. The van der Waals surface area contributed by atoms with Gasteiger partial charge in [-0.15, -0.1) is 0 Å². The minimum atomic E-state index is 0.605. The molecular weight excluding hydrogens is 745 g/mol. The number of hydrogen-bond acceptors (Lipinski definition) is 6. The van der Waals surface area contributed by atoms with Crippen LogP contribution in [0.1, 0.15) is 12.6 Å². The third-order valence-corrected chi connectivity index (χ3v) is 11.5. The van der Waals surface area contributed by atoms with Gasteiger partial charge in [-0.3, -0.25) is 9.98 Å². The normalized spacial score (nSPS) is 12.1. The summed E-state index contributed by atoms with van der Waals surface area (Å²) in [4.78, 5) is 28.7. The van der Waals surface area contributed by atoms with E-state index in [0.717, 1.165) is 78.0 Å². The highest BCUT2D eigenvalue weighted by atomic mass is 14.9. The molecule has 0 spiro atoms. The topological polar surface area (TPSA) is 76.8 Å². The van der Waals surface area contributed by atoms with Gasteiger partial charge < -0.3 is 0 Å². The quantitative estimate of drug-likeness (QED) is 0.0872. The van der Waals surface area contributed by atoms with E-state index in [4.69, 9.17) is 19.9 Å². The van der Waals surface area contributed by atoms with Crippen LogP contribution in [0.3, 0.4) is 0 Å². The molecule has 6 aromatic carbocycles. The van der Waals surface area contributed by atoms with Gasteiger partial charge in [0.15, 0.2) is 5.82 Å². The molecule has 6 heteroatoms. The maximum Gasteiger partial charge on any atom is 0.160 e. The van der Waals surface area contributed by atoms with E-state index in [1.807, 2.05) is 49.4 Å². The van der Waals surface area contributed by atoms with Crippen LogP contribution in [-0.4, -0.2) is 31.6 Å². The molecule has 0 amide bonds. The number of allylic oxidation sites excluding steroid dienone is 3. The van der Waals surface area contributed by atoms with E-state index in [9.17, 15) is 0 Å². The third-order valence-electron chi connectivity index (χ3n) is 11.5. The van der Waals surface area contributed by atoms with Gasteiger partial charge in [-0.25, -0.2) is 19.9 Å². The first-order valence-electron chi connectivity index (χ1n) is 20.3. The molecule has 61 heavy (non-hydrogen) atoms. The predicted molar refractivity (Wildman–Crippen MR) is 252 cm³/mol. The van der Waals surface area contributed by atoms with Crippen molar-refractivity contribution < 1.29 is 0 Å². The van der Waals surface area contributed by atoms with Crippen LogP contribution >= 0.6 is 0 Å². The fourth-order valence-corrected chi connectivity index (χ4v) is 8.58. The van der Waals surface area contributed by atoms with Crippen molar-refractivity contribution in [3.8, 4) is 78.5 Å². The van der Waals surface area contributed by atoms with Crippen LogP contribution < -0.4 is 0 Å². The molecule has 11 rings (SSSR count). The van der Waals surface area contributed by atoms with Crippen molar-refractivity contribution in [3.63, 3.8) is 0 Å². The van der Waals surface area contributed by atoms with Gasteiger partial charge in [-0.2, -0.15) is 0 Å². The summed E-state index contributed by atoms with van der Waals surface area (Å²) in [6.45, 7) is 5.64. The van der Waals surface area contributed by atoms with Crippen molar-refractivity contribution in [1.82, 2.24) is 24.9 Å². The van der Waals surface area contributed by atoms with Crippen molar-refractivity contribution >= 4 is 44.9 Å². The molecular formula is C55H36N6. The number of pyridine rings is 3. The van der Waals surface area contributed by atoms with E-state index >= 15 is 0 Å². The zero-order valence-corrected chi connectivity index (χ0v) is 33.3. The SMILES string of the molecule is C=N/C=C(\C=C/C)c1cc(-c2ccncc2)nc(-c2ccc(-c3ccc4ccc5ccc(-c6cccc(-c7ccc8c(c7)-c7cccc9cccc-8c79)c6)nc5c4n3)cc2)n1. The first-order valence-corrected chi connectivity index (χ1v) is 20.3. The molecule has 0 saturated heterocycles. The molecule has 4 heterocycles. The highest BCUT2D eigenvalue weighted by Crippen LogP contribution is 2.48. The summed E-state index contributed by atoms with van der Waals surface area (Å²) in [5.41, 5.74) is 17.3. The number of nitrogens with zero attached hydrogens (tertiary/aromatic N) is 6. The highest BCUT2D eigenvalue weighted by Gasteiger charge is 2.21. The summed E-state index contributed by atoms with van der Waals surface area (Å²) < 4.78 is 0. The average molecular weight is 781 g/mol. The van der Waals surface area contributed by atoms with Gasteiger partial charge in [-0.1, -0.05) is 127 Å². The van der Waals surface area contributed by atoms with Gasteiger partial charge >= 0.3 is 0 Å². The molecule has 6 nitrogen and oxygen atoms in total. The van der Waals surface area contributed by atoms with Crippen LogP contribution in [0.5, 0.6) is 0 Å². The number of aliphatic imine (C=N–C) groups is 1. The average Bonchev–Trinajstić information content (AvgIpc) is 3.65. The molecule has 0 bridgehead atoms. The molecule has 0 atom stereocenters. The van der Waals surface area contributed by atoms with Crippen LogP contribution in [0, 0.1) is 0 Å². The van der Waals surface area contributed by atoms with Crippen molar-refractivity contribution in [2.24, 2.45) is 4.99 Å². The van der Waals surface area contributed by atoms with E-state index in [1.165, 1.54) is 38.6 Å². The van der Waals surface area contributed by atoms with Crippen molar-refractivity contribution in [2.45, 2.75) is 6.92 Å². The number of aromatic nitrogens is 5. The minimum absolute atomic E-state index is 0.605. The molecule has 0 saturated carbocycles. The monoisotopic (exact) mass is 780 g/mol. The third kappa shape index (κ3) is 6.38. The summed E-state index contributed by atoms with van der Waals surface area (Å²) in [7, 11) is 0. The number of benzene rings is 6. The summed E-state index contributed by atoms with van der Waals surface area (Å²) in [6, 6.07) is 55.6. The second kappa shape index (κ2) is 14.9. The molecule has 0 fully saturated rings. The molecule has 1 aliphatic rings. The van der Waals surface area contributed by atoms with Gasteiger partial charge in [0.25, 0.3) is 0 Å². The first-order chi connectivity index (χ1) is 30.1. The Bertz CT molecular complexity index is 3430. The van der Waals surface area contributed by atoms with Crippen LogP contribution in [0.25, 0.3) is 117 Å². The Morgan fingerprint density at radius 3 is 1.80 bits per heavy atom. The summed E-state index contributed by atoms with van der Waals surface area (Å²) in [6.07, 6.45) is 9.18. The lowest BCUT2D eigenvalue weighted by Gasteiger charge is -2.11. The Hall–Kier alpha value is -8.22. The summed E-state index contributed by atoms with van der Waals surface area (Å²) in [5, 5.41) is 4.70. The van der Waals surface area contributed by atoms with Gasteiger partial charge in [0, 0.05) is 57.2 Å². The lowest BCUT2D eigenvalue weighted by atomic mass is 9.96. The fourth-order valence-electron chi connectivity index (χ4n) is 8.58. The van der Waals surface area contributed by atoms with E-state index in [-0.39, 0.29) is 0 Å². The lowest BCUT2D eigenvalue weighted by Crippen LogP contribution is -1.98. The Labute approximate surface area is 353 Å². The van der Waals surface area contributed by atoms with E-state index < -0.39 is 0 Å². The maximum absolute atomic E-state index is 5.29. The Balaban J connectivity index is 0.935. The summed E-state index contributed by atoms with van der Waals surface area (Å²) in [5.74, 6) is 0.605. The Morgan fingerprint density at radius 2 is 1.08 bits per heavy atom.